The van der Waals surface area contributed by atoms with Crippen LogP contribution in [0.1, 0.15) is 20.8 Å². The van der Waals surface area contributed by atoms with E-state index >= 15 is 0 Å². The molecular weight excluding hydrogens is 426 g/mol. The van der Waals surface area contributed by atoms with E-state index in [9.17, 15) is 0 Å². The molecule has 0 bridgehead atoms. The van der Waals surface area contributed by atoms with E-state index < -0.39 is 0 Å². The molecule has 0 heterocycles. The van der Waals surface area contributed by atoms with Crippen molar-refractivity contribution in [1.29, 1.82) is 0 Å². The van der Waals surface area contributed by atoms with Crippen molar-refractivity contribution in [2.75, 3.05) is 41.3 Å². The Morgan fingerprint density at radius 3 is 1.30 bits per heavy atom. The zero-order valence-electron chi connectivity index (χ0n) is 18.2. The van der Waals surface area contributed by atoms with E-state index in [4.69, 9.17) is 23.3 Å². The molecule has 0 aromatic rings. The summed E-state index contributed by atoms with van der Waals surface area (Å²) in [6, 6.07) is 0. The zero-order valence-corrected chi connectivity index (χ0v) is 19.5. The van der Waals surface area contributed by atoms with Gasteiger partial charge >= 0.3 is 188 Å². The van der Waals surface area contributed by atoms with Gasteiger partial charge in [0.05, 0.1) is 0 Å². The van der Waals surface area contributed by atoms with Crippen LogP contribution in [0.25, 0.3) is 0 Å². The summed E-state index contributed by atoms with van der Waals surface area (Å²) in [5, 5.41) is 0. The summed E-state index contributed by atoms with van der Waals surface area (Å²) in [7, 11) is 8.19. The van der Waals surface area contributed by atoms with E-state index in [1.165, 1.54) is 0 Å². The van der Waals surface area contributed by atoms with Gasteiger partial charge in [0.2, 0.25) is 0 Å². The van der Waals surface area contributed by atoms with Gasteiger partial charge in [-0.1, -0.05) is 0 Å². The first-order chi connectivity index (χ1) is 14.4. The third kappa shape index (κ3) is 21.7. The Hall–Kier alpha value is -2.64. The first-order valence-corrected chi connectivity index (χ1v) is 8.37. The van der Waals surface area contributed by atoms with Crippen LogP contribution < -0.4 is 0 Å². The molecule has 0 aliphatic rings. The predicted octanol–water partition coefficient (Wildman–Crippen LogP) is 1.79. The molecule has 0 aliphatic carbocycles. The Morgan fingerprint density at radius 2 is 1.07 bits per heavy atom. The normalized spacial score (nSPS) is 6.03. The van der Waals surface area contributed by atoms with Gasteiger partial charge < -0.3 is 0 Å². The van der Waals surface area contributed by atoms with Crippen molar-refractivity contribution in [2.45, 2.75) is 20.8 Å². The minimum absolute atomic E-state index is 0.928. The second-order valence-corrected chi connectivity index (χ2v) is 5.05. The van der Waals surface area contributed by atoms with Crippen LogP contribution in [0.3, 0.4) is 0 Å². The molecule has 160 valence electrons. The van der Waals surface area contributed by atoms with Crippen LogP contribution in [0.5, 0.6) is 0 Å². The fourth-order valence-electron chi connectivity index (χ4n) is 2.24. The summed E-state index contributed by atoms with van der Waals surface area (Å²) in [5.74, 6) is 1.15. The molecular formula is C21H25CrN3O5. The van der Waals surface area contributed by atoms with Gasteiger partial charge in [-0.25, -0.2) is 0 Å². The number of hydrogen-bond donors (Lipinski definition) is 0. The van der Waals surface area contributed by atoms with E-state index in [-0.39, 0.29) is 0 Å². The maximum atomic E-state index is 7.50. The summed E-state index contributed by atoms with van der Waals surface area (Å²) in [4.78, 5) is 6.48. The standard InChI is InChI=1S/C16H25N3.5CO.Cr/c1-9-12-13-15(19(10-2)11-3)14(4)16(17(5)6)18(7)8;5*1-2;/h10-11H2,2-8H3;;;;;;. The molecule has 0 saturated carbocycles. The SMILES string of the molecule is CCN(CC)C(=C=C=C=[C]=[Cr])C(C)=C(N(C)C)N(C)C.[C-]#[O+].[C-]#[O+].[C-]#[O+].[C-]#[O+].[C-]#[O+]. The van der Waals surface area contributed by atoms with Crippen molar-refractivity contribution in [3.05, 3.63) is 67.5 Å². The third-order valence-electron chi connectivity index (χ3n) is 2.91. The molecule has 0 atom stereocenters. The third-order valence-corrected chi connectivity index (χ3v) is 3.07. The monoisotopic (exact) mass is 451 g/mol. The summed E-state index contributed by atoms with van der Waals surface area (Å²) in [6.07, 6.45) is 0. The maximum absolute atomic E-state index is 7.50. The van der Waals surface area contributed by atoms with Gasteiger partial charge in [-0.15, -0.1) is 0 Å². The molecule has 0 aromatic carbocycles. The molecule has 0 saturated heterocycles. The van der Waals surface area contributed by atoms with Gasteiger partial charge in [0.25, 0.3) is 0 Å². The number of likely N-dealkylation sites (N-methyl/N-ethyl adjacent to an activating group) is 1. The molecule has 8 nitrogen and oxygen atoms in total. The van der Waals surface area contributed by atoms with Crippen LogP contribution in [0.2, 0.25) is 0 Å². The van der Waals surface area contributed by atoms with Crippen LogP contribution in [-0.4, -0.2) is 60.5 Å². The summed E-state index contributed by atoms with van der Waals surface area (Å²) in [5.41, 5.74) is 11.1. The van der Waals surface area contributed by atoms with Crippen molar-refractivity contribution < 1.29 is 39.1 Å². The summed E-state index contributed by atoms with van der Waals surface area (Å²) < 4.78 is 40.2. The fraction of sp³-hybridized carbons (Fsp3) is 0.429. The number of allylic oxidation sites excluding steroid dienone is 1. The summed E-state index contributed by atoms with van der Waals surface area (Å²) in [6.45, 7) is 30.8. The molecule has 0 spiro atoms. The Kier molecular flexibility index (Phi) is 51.6. The molecule has 0 N–H and O–H groups in total. The second-order valence-electron chi connectivity index (χ2n) is 4.74. The van der Waals surface area contributed by atoms with Crippen LogP contribution in [0.4, 0.5) is 0 Å². The topological polar surface area (TPSA) is 109 Å². The van der Waals surface area contributed by atoms with Crippen molar-refractivity contribution in [2.24, 2.45) is 0 Å². The summed E-state index contributed by atoms with van der Waals surface area (Å²) >= 11 is 2.65. The zero-order chi connectivity index (χ0) is 25.7. The van der Waals surface area contributed by atoms with E-state index in [1.54, 1.807) is 0 Å². The Morgan fingerprint density at radius 1 is 0.733 bits per heavy atom. The van der Waals surface area contributed by atoms with Gasteiger partial charge in [0.15, 0.2) is 0 Å². The average Bonchev–Trinajstić information content (AvgIpc) is 2.79. The minimum atomic E-state index is 0.928. The molecule has 0 unspecified atom stereocenters. The fourth-order valence-corrected chi connectivity index (χ4v) is 2.32. The van der Waals surface area contributed by atoms with Crippen LogP contribution in [-0.2, 0) is 39.1 Å². The van der Waals surface area contributed by atoms with Crippen LogP contribution in [0, 0.1) is 33.3 Å². The molecule has 9 heteroatoms. The second kappa shape index (κ2) is 37.2. The number of nitrogens with zero attached hydrogens (tertiary/aromatic N) is 3. The van der Waals surface area contributed by atoms with E-state index in [0.717, 1.165) is 30.2 Å². The Labute approximate surface area is 188 Å². The quantitative estimate of drug-likeness (QED) is 0.266. The average molecular weight is 451 g/mol. The molecule has 0 amide bonds. The molecule has 0 aromatic heterocycles. The first kappa shape index (κ1) is 41.7. The van der Waals surface area contributed by atoms with Crippen molar-refractivity contribution in [3.8, 4) is 0 Å². The number of hydrogen-bond acceptors (Lipinski definition) is 3. The Balaban J connectivity index is -0.000000125. The number of rotatable bonds is 6. The predicted molar refractivity (Wildman–Crippen MR) is 102 cm³/mol. The molecule has 30 heavy (non-hydrogen) atoms. The first-order valence-electron chi connectivity index (χ1n) is 7.73. The van der Waals surface area contributed by atoms with E-state index in [0.29, 0.717) is 0 Å². The van der Waals surface area contributed by atoms with Gasteiger partial charge in [0, 0.05) is 0 Å². The molecule has 0 aliphatic heterocycles. The van der Waals surface area contributed by atoms with Gasteiger partial charge in [-0.2, -0.15) is 0 Å². The Bertz CT molecular complexity index is 671. The molecule has 0 rings (SSSR count). The van der Waals surface area contributed by atoms with Crippen LogP contribution >= 0.6 is 0 Å². The molecule has 0 fully saturated rings. The van der Waals surface area contributed by atoms with Gasteiger partial charge in [-0.05, 0) is 0 Å². The van der Waals surface area contributed by atoms with Crippen molar-refractivity contribution in [3.63, 3.8) is 0 Å². The van der Waals surface area contributed by atoms with Crippen molar-refractivity contribution in [1.82, 2.24) is 14.7 Å². The van der Waals surface area contributed by atoms with Crippen molar-refractivity contribution >= 4 is 4.54 Å². The molecule has 0 radical (unpaired) electrons. The van der Waals surface area contributed by atoms with E-state index in [1.807, 2.05) is 28.2 Å². The van der Waals surface area contributed by atoms with Gasteiger partial charge in [-0.3, -0.25) is 0 Å². The van der Waals surface area contributed by atoms with Gasteiger partial charge in [0.1, 0.15) is 0 Å². The van der Waals surface area contributed by atoms with Crippen LogP contribution in [0.15, 0.2) is 34.3 Å². The van der Waals surface area contributed by atoms with E-state index in [2.05, 4.69) is 106 Å².